The number of nitrogens with one attached hydrogen (secondary N) is 1. The van der Waals surface area contributed by atoms with Gasteiger partial charge in [0.25, 0.3) is 0 Å². The fraction of sp³-hybridized carbons (Fsp3) is 0.462. The zero-order chi connectivity index (χ0) is 13.1. The molecule has 102 valence electrons. The number of anilines is 1. The largest absolute Gasteiger partial charge is 0.379 e. The molecule has 0 unspecified atom stereocenters. The molecule has 2 heterocycles. The van der Waals surface area contributed by atoms with Gasteiger partial charge in [-0.3, -0.25) is 4.90 Å². The molecule has 0 aliphatic carbocycles. The van der Waals surface area contributed by atoms with Crippen LogP contribution in [0, 0.1) is 0 Å². The van der Waals surface area contributed by atoms with E-state index in [0.717, 1.165) is 55.1 Å². The van der Waals surface area contributed by atoms with Crippen LogP contribution >= 0.6 is 22.9 Å². The van der Waals surface area contributed by atoms with Crippen molar-refractivity contribution in [3.05, 3.63) is 23.2 Å². The van der Waals surface area contributed by atoms with Gasteiger partial charge in [-0.15, -0.1) is 0 Å². The van der Waals surface area contributed by atoms with Gasteiger partial charge in [0.2, 0.25) is 0 Å². The maximum Gasteiger partial charge on any atom is 0.183 e. The van der Waals surface area contributed by atoms with Crippen LogP contribution in [0.25, 0.3) is 10.2 Å². The van der Waals surface area contributed by atoms with E-state index in [9.17, 15) is 0 Å². The van der Waals surface area contributed by atoms with Gasteiger partial charge < -0.3 is 10.1 Å². The predicted octanol–water partition coefficient (Wildman–Crippen LogP) is 2.69. The van der Waals surface area contributed by atoms with Crippen molar-refractivity contribution in [2.45, 2.75) is 0 Å². The predicted molar refractivity (Wildman–Crippen MR) is 80.4 cm³/mol. The van der Waals surface area contributed by atoms with E-state index in [1.165, 1.54) is 4.70 Å². The summed E-state index contributed by atoms with van der Waals surface area (Å²) in [5.41, 5.74) is 0.964. The van der Waals surface area contributed by atoms with E-state index in [2.05, 4.69) is 15.2 Å². The molecule has 0 atom stereocenters. The Labute approximate surface area is 121 Å². The van der Waals surface area contributed by atoms with E-state index >= 15 is 0 Å². The van der Waals surface area contributed by atoms with Crippen molar-refractivity contribution in [1.29, 1.82) is 0 Å². The van der Waals surface area contributed by atoms with E-state index in [0.29, 0.717) is 0 Å². The maximum atomic E-state index is 5.96. The molecule has 2 aromatic rings. The van der Waals surface area contributed by atoms with Gasteiger partial charge in [-0.2, -0.15) is 0 Å². The summed E-state index contributed by atoms with van der Waals surface area (Å²) in [6.07, 6.45) is 0. The molecule has 3 rings (SSSR count). The number of benzene rings is 1. The molecule has 0 saturated carbocycles. The van der Waals surface area contributed by atoms with Crippen LogP contribution in [-0.4, -0.2) is 49.3 Å². The molecule has 4 nitrogen and oxygen atoms in total. The Morgan fingerprint density at radius 1 is 1.37 bits per heavy atom. The van der Waals surface area contributed by atoms with E-state index in [4.69, 9.17) is 16.3 Å². The Kier molecular flexibility index (Phi) is 4.18. The van der Waals surface area contributed by atoms with Gasteiger partial charge in [0.15, 0.2) is 5.13 Å². The van der Waals surface area contributed by atoms with Gasteiger partial charge >= 0.3 is 0 Å². The highest BCUT2D eigenvalue weighted by Crippen LogP contribution is 2.27. The number of thiazole rings is 1. The Morgan fingerprint density at radius 3 is 3.05 bits per heavy atom. The second kappa shape index (κ2) is 6.05. The number of ether oxygens (including phenoxy) is 1. The molecule has 19 heavy (non-hydrogen) atoms. The zero-order valence-electron chi connectivity index (χ0n) is 10.6. The number of aromatic nitrogens is 1. The molecule has 1 saturated heterocycles. The highest BCUT2D eigenvalue weighted by Gasteiger charge is 2.10. The summed E-state index contributed by atoms with van der Waals surface area (Å²) in [6.45, 7) is 5.68. The summed E-state index contributed by atoms with van der Waals surface area (Å²) in [5, 5.41) is 5.08. The Bertz CT molecular complexity index is 554. The van der Waals surface area contributed by atoms with Gasteiger partial charge in [-0.25, -0.2) is 4.98 Å². The van der Waals surface area contributed by atoms with E-state index in [-0.39, 0.29) is 0 Å². The van der Waals surface area contributed by atoms with Crippen molar-refractivity contribution in [1.82, 2.24) is 9.88 Å². The Morgan fingerprint density at radius 2 is 2.21 bits per heavy atom. The van der Waals surface area contributed by atoms with Crippen LogP contribution in [0.5, 0.6) is 0 Å². The summed E-state index contributed by atoms with van der Waals surface area (Å²) < 4.78 is 6.50. The lowest BCUT2D eigenvalue weighted by molar-refractivity contribution is 0.0398. The third-order valence-corrected chi connectivity index (χ3v) is 4.39. The molecule has 1 aliphatic rings. The van der Waals surface area contributed by atoms with Crippen molar-refractivity contribution in [3.8, 4) is 0 Å². The molecular formula is C13H16ClN3OS. The molecule has 0 bridgehead atoms. The summed E-state index contributed by atoms with van der Waals surface area (Å²) in [6, 6.07) is 5.82. The minimum atomic E-state index is 0.734. The van der Waals surface area contributed by atoms with E-state index in [1.807, 2.05) is 18.2 Å². The lowest BCUT2D eigenvalue weighted by Crippen LogP contribution is -2.38. The van der Waals surface area contributed by atoms with E-state index < -0.39 is 0 Å². The molecule has 1 fully saturated rings. The summed E-state index contributed by atoms with van der Waals surface area (Å²) >= 11 is 7.63. The van der Waals surface area contributed by atoms with Crippen molar-refractivity contribution < 1.29 is 4.74 Å². The molecular weight excluding hydrogens is 282 g/mol. The maximum absolute atomic E-state index is 5.96. The highest BCUT2D eigenvalue weighted by molar-refractivity contribution is 7.22. The fourth-order valence-electron chi connectivity index (χ4n) is 2.12. The van der Waals surface area contributed by atoms with Crippen LogP contribution in [0.1, 0.15) is 0 Å². The number of morpholine rings is 1. The topological polar surface area (TPSA) is 37.4 Å². The third kappa shape index (κ3) is 3.36. The standard InChI is InChI=1S/C13H16ClN3OS/c14-10-1-2-12-11(9-10)16-13(19-12)15-3-4-17-5-7-18-8-6-17/h1-2,9H,3-8H2,(H,15,16). The minimum Gasteiger partial charge on any atom is -0.379 e. The van der Waals surface area contributed by atoms with Gasteiger partial charge in [0.1, 0.15) is 0 Å². The first-order valence-electron chi connectivity index (χ1n) is 6.41. The van der Waals surface area contributed by atoms with Crippen LogP contribution in [0.4, 0.5) is 5.13 Å². The number of hydrogen-bond acceptors (Lipinski definition) is 5. The molecule has 0 spiro atoms. The zero-order valence-corrected chi connectivity index (χ0v) is 12.1. The van der Waals surface area contributed by atoms with Crippen LogP contribution in [-0.2, 0) is 4.74 Å². The number of halogens is 1. The smallest absolute Gasteiger partial charge is 0.183 e. The SMILES string of the molecule is Clc1ccc2sc(NCCN3CCOCC3)nc2c1. The first kappa shape index (κ1) is 13.1. The second-order valence-electron chi connectivity index (χ2n) is 4.51. The third-order valence-electron chi connectivity index (χ3n) is 3.16. The molecule has 0 amide bonds. The first-order chi connectivity index (χ1) is 9.31. The van der Waals surface area contributed by atoms with Gasteiger partial charge in [-0.05, 0) is 18.2 Å². The molecule has 1 aromatic heterocycles. The quantitative estimate of drug-likeness (QED) is 0.941. The lowest BCUT2D eigenvalue weighted by atomic mass is 10.3. The minimum absolute atomic E-state index is 0.734. The van der Waals surface area contributed by atoms with Crippen LogP contribution in [0.3, 0.4) is 0 Å². The van der Waals surface area contributed by atoms with Crippen molar-refractivity contribution in [2.24, 2.45) is 0 Å². The number of nitrogens with zero attached hydrogens (tertiary/aromatic N) is 2. The van der Waals surface area contributed by atoms with Crippen LogP contribution in [0.15, 0.2) is 18.2 Å². The molecule has 1 aromatic carbocycles. The molecule has 6 heteroatoms. The Balaban J connectivity index is 1.56. The molecule has 0 radical (unpaired) electrons. The van der Waals surface area contributed by atoms with Crippen molar-refractivity contribution >= 4 is 38.3 Å². The van der Waals surface area contributed by atoms with Gasteiger partial charge in [0, 0.05) is 31.2 Å². The average molecular weight is 298 g/mol. The monoisotopic (exact) mass is 297 g/mol. The number of hydrogen-bond donors (Lipinski definition) is 1. The van der Waals surface area contributed by atoms with Crippen molar-refractivity contribution in [3.63, 3.8) is 0 Å². The Hall–Kier alpha value is -0.880. The van der Waals surface area contributed by atoms with Crippen molar-refractivity contribution in [2.75, 3.05) is 44.7 Å². The highest BCUT2D eigenvalue weighted by atomic mass is 35.5. The summed E-state index contributed by atoms with van der Waals surface area (Å²) in [7, 11) is 0. The molecule has 1 aliphatic heterocycles. The average Bonchev–Trinajstić information content (AvgIpc) is 2.82. The summed E-state index contributed by atoms with van der Waals surface area (Å²) in [4.78, 5) is 6.94. The van der Waals surface area contributed by atoms with Crippen LogP contribution in [0.2, 0.25) is 5.02 Å². The van der Waals surface area contributed by atoms with E-state index in [1.54, 1.807) is 11.3 Å². The fourth-order valence-corrected chi connectivity index (χ4v) is 3.16. The van der Waals surface area contributed by atoms with Gasteiger partial charge in [0.05, 0.1) is 23.4 Å². The van der Waals surface area contributed by atoms with Crippen LogP contribution < -0.4 is 5.32 Å². The lowest BCUT2D eigenvalue weighted by Gasteiger charge is -2.26. The normalized spacial score (nSPS) is 16.9. The summed E-state index contributed by atoms with van der Waals surface area (Å²) in [5.74, 6) is 0. The van der Waals surface area contributed by atoms with Gasteiger partial charge in [-0.1, -0.05) is 22.9 Å². The molecule has 1 N–H and O–H groups in total. The second-order valence-corrected chi connectivity index (χ2v) is 5.98. The number of fused-ring (bicyclic) bond motifs is 1. The number of rotatable bonds is 4. The first-order valence-corrected chi connectivity index (χ1v) is 7.61.